The third-order valence-electron chi connectivity index (χ3n) is 6.32. The monoisotopic (exact) mass is 384 g/mol. The second-order valence-electron chi connectivity index (χ2n) is 9.00. The average Bonchev–Trinajstić information content (AvgIpc) is 3.34. The van der Waals surface area contributed by atoms with E-state index in [2.05, 4.69) is 20.8 Å². The van der Waals surface area contributed by atoms with E-state index in [0.29, 0.717) is 18.8 Å². The van der Waals surface area contributed by atoms with Gasteiger partial charge in [0.1, 0.15) is 30.2 Å². The Morgan fingerprint density at radius 3 is 2.41 bits per heavy atom. The minimum absolute atomic E-state index is 0.136. The number of carbonyl (C=O) groups excluding carboxylic acids is 1. The van der Waals surface area contributed by atoms with Gasteiger partial charge >= 0.3 is 0 Å². The Morgan fingerprint density at radius 2 is 1.89 bits per heavy atom. The Hall–Kier alpha value is -0.830. The van der Waals surface area contributed by atoms with Crippen LogP contribution in [0.4, 0.5) is 0 Å². The number of hydrogen-bond donors (Lipinski definition) is 4. The Balaban J connectivity index is 1.71. The van der Waals surface area contributed by atoms with Crippen molar-refractivity contribution in [2.75, 3.05) is 6.61 Å². The van der Waals surface area contributed by atoms with Crippen LogP contribution in [0.3, 0.4) is 0 Å². The van der Waals surface area contributed by atoms with Gasteiger partial charge in [0.2, 0.25) is 0 Å². The minimum atomic E-state index is -1.44. The number of ether oxygens (including phenoxy) is 2. The number of Topliss-reactive ketones (excluding diaryl/α,β-unsaturated/α-hetero) is 1. The first-order valence-electron chi connectivity index (χ1n) is 9.73. The number of ketones is 1. The molecular formula is C20H32O7. The molecule has 1 heterocycles. The molecule has 3 rings (SSSR count). The summed E-state index contributed by atoms with van der Waals surface area (Å²) in [6.45, 7) is 7.53. The lowest BCUT2D eigenvalue weighted by Gasteiger charge is -2.44. The molecule has 2 aliphatic carbocycles. The highest BCUT2D eigenvalue weighted by Crippen LogP contribution is 2.55. The highest BCUT2D eigenvalue weighted by molar-refractivity contribution is 5.82. The molecule has 0 amide bonds. The fourth-order valence-electron chi connectivity index (χ4n) is 5.03. The molecule has 0 aromatic rings. The van der Waals surface area contributed by atoms with Gasteiger partial charge in [0.25, 0.3) is 0 Å². The number of aliphatic hydroxyl groups is 4. The van der Waals surface area contributed by atoms with Crippen LogP contribution in [0.25, 0.3) is 0 Å². The van der Waals surface area contributed by atoms with Gasteiger partial charge in [-0.3, -0.25) is 4.79 Å². The minimum Gasteiger partial charge on any atom is -0.394 e. The number of rotatable bonds is 5. The predicted molar refractivity (Wildman–Crippen MR) is 96.6 cm³/mol. The van der Waals surface area contributed by atoms with Gasteiger partial charge < -0.3 is 29.9 Å². The summed E-state index contributed by atoms with van der Waals surface area (Å²) in [6.07, 6.45) is -4.23. The third kappa shape index (κ3) is 3.99. The molecule has 0 aromatic carbocycles. The molecule has 0 radical (unpaired) electrons. The van der Waals surface area contributed by atoms with Gasteiger partial charge in [0.05, 0.1) is 12.7 Å². The van der Waals surface area contributed by atoms with Crippen LogP contribution < -0.4 is 0 Å². The molecule has 27 heavy (non-hydrogen) atoms. The summed E-state index contributed by atoms with van der Waals surface area (Å²) in [7, 11) is 0. The standard InChI is InChI=1S/C20H32O7/c1-9-5-11(7-20(3,4)15(9)13-6-12(13)10(2)22)26-19-18(25)17(24)16(23)14(8-21)27-19/h11-14,16-19,21,23-25H,5-8H2,1-4H3. The van der Waals surface area contributed by atoms with Crippen molar-refractivity contribution in [2.24, 2.45) is 17.3 Å². The number of hydrogen-bond acceptors (Lipinski definition) is 7. The van der Waals surface area contributed by atoms with Crippen molar-refractivity contribution in [3.63, 3.8) is 0 Å². The summed E-state index contributed by atoms with van der Waals surface area (Å²) in [5, 5.41) is 39.4. The lowest BCUT2D eigenvalue weighted by atomic mass is 9.69. The fraction of sp³-hybridized carbons (Fsp3) is 0.850. The molecule has 1 saturated heterocycles. The van der Waals surface area contributed by atoms with Crippen molar-refractivity contribution in [1.82, 2.24) is 0 Å². The molecule has 1 aliphatic heterocycles. The summed E-state index contributed by atoms with van der Waals surface area (Å²) in [4.78, 5) is 11.7. The maximum atomic E-state index is 11.7. The lowest BCUT2D eigenvalue weighted by Crippen LogP contribution is -2.59. The summed E-state index contributed by atoms with van der Waals surface area (Å²) in [5.74, 6) is 0.707. The van der Waals surface area contributed by atoms with E-state index in [9.17, 15) is 25.2 Å². The Bertz CT molecular complexity index is 611. The third-order valence-corrected chi connectivity index (χ3v) is 6.32. The van der Waals surface area contributed by atoms with E-state index in [4.69, 9.17) is 9.47 Å². The van der Waals surface area contributed by atoms with Gasteiger partial charge in [-0.15, -0.1) is 0 Å². The first kappa shape index (κ1) is 20.9. The summed E-state index contributed by atoms with van der Waals surface area (Å²) >= 11 is 0. The van der Waals surface area contributed by atoms with Crippen molar-refractivity contribution < 1.29 is 34.7 Å². The topological polar surface area (TPSA) is 116 Å². The number of carbonyl (C=O) groups is 1. The second-order valence-corrected chi connectivity index (χ2v) is 9.00. The molecular weight excluding hydrogens is 352 g/mol. The zero-order valence-electron chi connectivity index (χ0n) is 16.5. The zero-order valence-corrected chi connectivity index (χ0v) is 16.5. The lowest BCUT2D eigenvalue weighted by molar-refractivity contribution is -0.313. The van der Waals surface area contributed by atoms with Gasteiger partial charge in [-0.2, -0.15) is 0 Å². The first-order chi connectivity index (χ1) is 12.6. The molecule has 7 heteroatoms. The first-order valence-corrected chi connectivity index (χ1v) is 9.73. The molecule has 0 bridgehead atoms. The number of aliphatic hydroxyl groups excluding tert-OH is 4. The molecule has 1 saturated carbocycles. The van der Waals surface area contributed by atoms with E-state index >= 15 is 0 Å². The van der Waals surface area contributed by atoms with E-state index in [1.54, 1.807) is 6.92 Å². The maximum Gasteiger partial charge on any atom is 0.186 e. The van der Waals surface area contributed by atoms with Gasteiger partial charge in [0, 0.05) is 5.92 Å². The van der Waals surface area contributed by atoms with Crippen LogP contribution in [0, 0.1) is 17.3 Å². The van der Waals surface area contributed by atoms with Gasteiger partial charge in [-0.05, 0) is 44.4 Å². The highest BCUT2D eigenvalue weighted by Gasteiger charge is 2.51. The van der Waals surface area contributed by atoms with Crippen molar-refractivity contribution >= 4 is 5.78 Å². The molecule has 2 fully saturated rings. The molecule has 3 aliphatic rings. The molecule has 154 valence electrons. The molecule has 7 nitrogen and oxygen atoms in total. The van der Waals surface area contributed by atoms with Crippen LogP contribution in [0.1, 0.15) is 47.0 Å². The van der Waals surface area contributed by atoms with E-state index in [1.165, 1.54) is 11.1 Å². The predicted octanol–water partition coefficient (Wildman–Crippen LogP) is 0.533. The van der Waals surface area contributed by atoms with Crippen LogP contribution >= 0.6 is 0 Å². The molecule has 4 N–H and O–H groups in total. The Morgan fingerprint density at radius 1 is 1.22 bits per heavy atom. The van der Waals surface area contributed by atoms with E-state index < -0.39 is 37.3 Å². The van der Waals surface area contributed by atoms with Crippen LogP contribution in [0.2, 0.25) is 0 Å². The van der Waals surface area contributed by atoms with Crippen molar-refractivity contribution in [3.05, 3.63) is 11.1 Å². The van der Waals surface area contributed by atoms with Crippen molar-refractivity contribution in [3.8, 4) is 0 Å². The zero-order chi connectivity index (χ0) is 20.1. The summed E-state index contributed by atoms with van der Waals surface area (Å²) < 4.78 is 11.4. The summed E-state index contributed by atoms with van der Waals surface area (Å²) in [5.41, 5.74) is 2.40. The maximum absolute atomic E-state index is 11.7. The quantitative estimate of drug-likeness (QED) is 0.511. The Labute approximate surface area is 160 Å². The van der Waals surface area contributed by atoms with Crippen LogP contribution in [-0.4, -0.2) is 69.6 Å². The average molecular weight is 384 g/mol. The van der Waals surface area contributed by atoms with Gasteiger partial charge in [0.15, 0.2) is 6.29 Å². The van der Waals surface area contributed by atoms with Crippen LogP contribution in [0.15, 0.2) is 11.1 Å². The Kier molecular flexibility index (Phi) is 5.83. The largest absolute Gasteiger partial charge is 0.394 e. The van der Waals surface area contributed by atoms with Crippen LogP contribution in [0.5, 0.6) is 0 Å². The molecule has 8 unspecified atom stereocenters. The SMILES string of the molecule is CC(=O)C1CC1C1=C(C)CC(OC2OC(CO)C(O)C(O)C2O)CC1(C)C. The van der Waals surface area contributed by atoms with E-state index in [0.717, 1.165) is 6.42 Å². The van der Waals surface area contributed by atoms with Crippen molar-refractivity contribution in [1.29, 1.82) is 0 Å². The number of allylic oxidation sites excluding steroid dienone is 1. The molecule has 0 spiro atoms. The van der Waals surface area contributed by atoms with Crippen molar-refractivity contribution in [2.45, 2.75) is 83.8 Å². The smallest absolute Gasteiger partial charge is 0.186 e. The van der Waals surface area contributed by atoms with Gasteiger partial charge in [-0.1, -0.05) is 25.0 Å². The fourth-order valence-corrected chi connectivity index (χ4v) is 5.03. The highest BCUT2D eigenvalue weighted by atomic mass is 16.7. The molecule has 8 atom stereocenters. The van der Waals surface area contributed by atoms with E-state index in [-0.39, 0.29) is 23.2 Å². The second kappa shape index (κ2) is 7.54. The van der Waals surface area contributed by atoms with E-state index in [1.807, 2.05) is 0 Å². The normalized spacial score (nSPS) is 44.3. The van der Waals surface area contributed by atoms with Gasteiger partial charge in [-0.25, -0.2) is 0 Å². The summed E-state index contributed by atoms with van der Waals surface area (Å²) in [6, 6.07) is 0. The molecule has 0 aromatic heterocycles. The van der Waals surface area contributed by atoms with Crippen LogP contribution in [-0.2, 0) is 14.3 Å².